The van der Waals surface area contributed by atoms with Gasteiger partial charge in [0.2, 0.25) is 0 Å². The number of hydrogen-bond donors (Lipinski definition) is 1. The molecule has 0 aromatic carbocycles. The van der Waals surface area contributed by atoms with Crippen molar-refractivity contribution in [2.75, 3.05) is 6.61 Å². The zero-order valence-corrected chi connectivity index (χ0v) is 8.31. The van der Waals surface area contributed by atoms with Crippen molar-refractivity contribution < 1.29 is 9.90 Å². The minimum absolute atomic E-state index is 0.0617. The first-order valence-electron chi connectivity index (χ1n) is 4.77. The van der Waals surface area contributed by atoms with Gasteiger partial charge in [-0.2, -0.15) is 5.10 Å². The Hall–Kier alpha value is -1.23. The van der Waals surface area contributed by atoms with Crippen molar-refractivity contribution in [2.45, 2.75) is 32.7 Å². The van der Waals surface area contributed by atoms with Gasteiger partial charge in [0, 0.05) is 19.6 Å². The number of aliphatic hydroxyl groups excluding tert-OH is 1. The van der Waals surface area contributed by atoms with Gasteiger partial charge in [0.1, 0.15) is 17.9 Å². The van der Waals surface area contributed by atoms with Crippen molar-refractivity contribution in [1.82, 2.24) is 14.8 Å². The van der Waals surface area contributed by atoms with Gasteiger partial charge in [-0.3, -0.25) is 4.79 Å². The van der Waals surface area contributed by atoms with Gasteiger partial charge in [-0.25, -0.2) is 9.67 Å². The highest BCUT2D eigenvalue weighted by Crippen LogP contribution is 2.00. The van der Waals surface area contributed by atoms with Crippen LogP contribution in [0.25, 0.3) is 0 Å². The molecule has 0 saturated carbocycles. The molecule has 5 heteroatoms. The monoisotopic (exact) mass is 197 g/mol. The van der Waals surface area contributed by atoms with E-state index in [0.717, 1.165) is 6.54 Å². The van der Waals surface area contributed by atoms with Gasteiger partial charge < -0.3 is 5.11 Å². The van der Waals surface area contributed by atoms with Crippen molar-refractivity contribution in [2.24, 2.45) is 0 Å². The summed E-state index contributed by atoms with van der Waals surface area (Å²) in [5, 5.41) is 12.5. The second-order valence-electron chi connectivity index (χ2n) is 3.03. The zero-order valence-electron chi connectivity index (χ0n) is 8.31. The summed E-state index contributed by atoms with van der Waals surface area (Å²) in [7, 11) is 0. The van der Waals surface area contributed by atoms with Gasteiger partial charge in [-0.1, -0.05) is 0 Å². The second kappa shape index (κ2) is 5.49. The molecule has 1 rings (SSSR count). The molecule has 0 radical (unpaired) electrons. The molecule has 0 saturated heterocycles. The largest absolute Gasteiger partial charge is 0.396 e. The van der Waals surface area contributed by atoms with Crippen LogP contribution in [0.5, 0.6) is 0 Å². The van der Waals surface area contributed by atoms with E-state index in [1.54, 1.807) is 4.68 Å². The molecule has 0 bridgehead atoms. The molecule has 1 aromatic rings. The number of carbonyl (C=O) groups excluding carboxylic acids is 1. The minimum Gasteiger partial charge on any atom is -0.396 e. The third-order valence-electron chi connectivity index (χ3n) is 1.96. The van der Waals surface area contributed by atoms with E-state index in [1.165, 1.54) is 6.33 Å². The summed E-state index contributed by atoms with van der Waals surface area (Å²) < 4.78 is 1.71. The highest BCUT2D eigenvalue weighted by Gasteiger charge is 2.08. The molecule has 0 spiro atoms. The number of nitrogens with zero attached hydrogens (tertiary/aromatic N) is 3. The van der Waals surface area contributed by atoms with E-state index in [4.69, 9.17) is 5.11 Å². The van der Waals surface area contributed by atoms with Crippen molar-refractivity contribution in [3.63, 3.8) is 0 Å². The van der Waals surface area contributed by atoms with Crippen molar-refractivity contribution in [1.29, 1.82) is 0 Å². The summed E-state index contributed by atoms with van der Waals surface area (Å²) in [5.41, 5.74) is 0. The number of Topliss-reactive ketones (excluding diaryl/α,β-unsaturated/α-hetero) is 1. The number of ketones is 1. The maximum atomic E-state index is 11.3. The van der Waals surface area contributed by atoms with Crippen LogP contribution in [0.4, 0.5) is 0 Å². The van der Waals surface area contributed by atoms with E-state index in [9.17, 15) is 4.79 Å². The Morgan fingerprint density at radius 1 is 1.64 bits per heavy atom. The standard InChI is InChI=1S/C9H15N3O2/c1-2-12-9(10-7-11-12)6-8(14)4-3-5-13/h7,13H,2-6H2,1H3. The van der Waals surface area contributed by atoms with Gasteiger partial charge in [0.15, 0.2) is 0 Å². The number of aliphatic hydroxyl groups is 1. The summed E-state index contributed by atoms with van der Waals surface area (Å²) in [4.78, 5) is 15.3. The number of hydrogen-bond acceptors (Lipinski definition) is 4. The van der Waals surface area contributed by atoms with E-state index in [1.807, 2.05) is 6.92 Å². The van der Waals surface area contributed by atoms with Crippen LogP contribution in [-0.4, -0.2) is 32.3 Å². The lowest BCUT2D eigenvalue weighted by Crippen LogP contribution is -2.10. The normalized spacial score (nSPS) is 10.4. The lowest BCUT2D eigenvalue weighted by Gasteiger charge is -2.01. The van der Waals surface area contributed by atoms with Gasteiger partial charge in [0.25, 0.3) is 0 Å². The number of rotatable bonds is 6. The first kappa shape index (κ1) is 10.8. The number of aryl methyl sites for hydroxylation is 1. The van der Waals surface area contributed by atoms with E-state index in [-0.39, 0.29) is 12.4 Å². The Labute approximate surface area is 82.8 Å². The summed E-state index contributed by atoms with van der Waals surface area (Å²) >= 11 is 0. The summed E-state index contributed by atoms with van der Waals surface area (Å²) in [5.74, 6) is 0.803. The molecule has 5 nitrogen and oxygen atoms in total. The van der Waals surface area contributed by atoms with E-state index < -0.39 is 0 Å². The van der Waals surface area contributed by atoms with Crippen LogP contribution in [0.15, 0.2) is 6.33 Å². The molecule has 78 valence electrons. The first-order valence-corrected chi connectivity index (χ1v) is 4.77. The molecule has 0 unspecified atom stereocenters. The molecule has 1 heterocycles. The van der Waals surface area contributed by atoms with Gasteiger partial charge >= 0.3 is 0 Å². The lowest BCUT2D eigenvalue weighted by molar-refractivity contribution is -0.118. The van der Waals surface area contributed by atoms with E-state index in [0.29, 0.717) is 25.1 Å². The van der Waals surface area contributed by atoms with Gasteiger partial charge in [-0.15, -0.1) is 0 Å². The quantitative estimate of drug-likeness (QED) is 0.706. The molecule has 0 fully saturated rings. The molecular formula is C9H15N3O2. The van der Waals surface area contributed by atoms with Gasteiger partial charge in [0.05, 0.1) is 6.42 Å². The molecule has 1 N–H and O–H groups in total. The summed E-state index contributed by atoms with van der Waals surface area (Å²) in [6.07, 6.45) is 2.71. The van der Waals surface area contributed by atoms with Crippen LogP contribution in [0, 0.1) is 0 Å². The van der Waals surface area contributed by atoms with Crippen LogP contribution in [0.1, 0.15) is 25.6 Å². The average Bonchev–Trinajstić information content (AvgIpc) is 2.62. The highest BCUT2D eigenvalue weighted by atomic mass is 16.3. The Bertz CT molecular complexity index is 296. The fourth-order valence-electron chi connectivity index (χ4n) is 1.23. The first-order chi connectivity index (χ1) is 6.77. The van der Waals surface area contributed by atoms with Gasteiger partial charge in [-0.05, 0) is 13.3 Å². The Kier molecular flexibility index (Phi) is 4.25. The van der Waals surface area contributed by atoms with E-state index >= 15 is 0 Å². The topological polar surface area (TPSA) is 68.0 Å². The number of aromatic nitrogens is 3. The molecule has 0 aliphatic heterocycles. The zero-order chi connectivity index (χ0) is 10.4. The third kappa shape index (κ3) is 2.92. The minimum atomic E-state index is 0.0617. The maximum Gasteiger partial charge on any atom is 0.140 e. The summed E-state index contributed by atoms with van der Waals surface area (Å²) in [6, 6.07) is 0. The molecule has 1 aromatic heterocycles. The molecule has 0 aliphatic carbocycles. The fraction of sp³-hybridized carbons (Fsp3) is 0.667. The summed E-state index contributed by atoms with van der Waals surface area (Å²) in [6.45, 7) is 2.74. The Balaban J connectivity index is 2.47. The fourth-order valence-corrected chi connectivity index (χ4v) is 1.23. The Morgan fingerprint density at radius 3 is 3.07 bits per heavy atom. The van der Waals surface area contributed by atoms with E-state index in [2.05, 4.69) is 10.1 Å². The molecular weight excluding hydrogens is 182 g/mol. The van der Waals surface area contributed by atoms with Crippen molar-refractivity contribution in [3.8, 4) is 0 Å². The average molecular weight is 197 g/mol. The van der Waals surface area contributed by atoms with Crippen molar-refractivity contribution in [3.05, 3.63) is 12.2 Å². The highest BCUT2D eigenvalue weighted by molar-refractivity contribution is 5.80. The number of carbonyl (C=O) groups is 1. The second-order valence-corrected chi connectivity index (χ2v) is 3.03. The van der Waals surface area contributed by atoms with Crippen LogP contribution in [-0.2, 0) is 17.8 Å². The molecule has 14 heavy (non-hydrogen) atoms. The SMILES string of the molecule is CCn1ncnc1CC(=O)CCCO. The van der Waals surface area contributed by atoms with Crippen LogP contribution >= 0.6 is 0 Å². The van der Waals surface area contributed by atoms with Crippen LogP contribution < -0.4 is 0 Å². The maximum absolute atomic E-state index is 11.3. The lowest BCUT2D eigenvalue weighted by atomic mass is 10.1. The predicted octanol–water partition coefficient (Wildman–Crippen LogP) is 0.182. The Morgan fingerprint density at radius 2 is 2.43 bits per heavy atom. The predicted molar refractivity (Wildman–Crippen MR) is 50.7 cm³/mol. The molecule has 0 amide bonds. The van der Waals surface area contributed by atoms with Crippen LogP contribution in [0.3, 0.4) is 0 Å². The third-order valence-corrected chi connectivity index (χ3v) is 1.96. The van der Waals surface area contributed by atoms with Crippen molar-refractivity contribution >= 4 is 5.78 Å². The smallest absolute Gasteiger partial charge is 0.140 e. The molecule has 0 aliphatic rings. The molecule has 0 atom stereocenters. The van der Waals surface area contributed by atoms with Crippen LogP contribution in [0.2, 0.25) is 0 Å².